The Morgan fingerprint density at radius 3 is 1.88 bits per heavy atom. The molecule has 0 aliphatic rings. The van der Waals surface area contributed by atoms with Crippen LogP contribution in [0.4, 0.5) is 0 Å². The van der Waals surface area contributed by atoms with E-state index < -0.39 is 18.4 Å². The molecular formula is C21H38O2Sn. The Balaban J connectivity index is 2.99. The van der Waals surface area contributed by atoms with E-state index in [1.165, 1.54) is 48.5 Å². The summed E-state index contributed by atoms with van der Waals surface area (Å²) in [5.41, 5.74) is 1.44. The van der Waals surface area contributed by atoms with Crippen LogP contribution in [0.15, 0.2) is 24.3 Å². The number of hydrogen-bond acceptors (Lipinski definition) is 2. The second kappa shape index (κ2) is 13.0. The van der Waals surface area contributed by atoms with Crippen LogP contribution in [-0.4, -0.2) is 32.3 Å². The molecule has 0 aliphatic heterocycles. The summed E-state index contributed by atoms with van der Waals surface area (Å²) in [6.07, 6.45) is 8.26. The molecule has 0 amide bonds. The second-order valence-electron chi connectivity index (χ2n) is 7.15. The molecule has 3 heteroatoms. The van der Waals surface area contributed by atoms with Crippen molar-refractivity contribution in [3.63, 3.8) is 0 Å². The molecule has 0 N–H and O–H groups in total. The van der Waals surface area contributed by atoms with Crippen LogP contribution in [0.2, 0.25) is 13.3 Å². The van der Waals surface area contributed by atoms with Gasteiger partial charge in [-0.1, -0.05) is 0 Å². The van der Waals surface area contributed by atoms with E-state index in [0.717, 1.165) is 5.75 Å². The molecule has 24 heavy (non-hydrogen) atoms. The third kappa shape index (κ3) is 7.77. The van der Waals surface area contributed by atoms with Gasteiger partial charge in [-0.05, 0) is 0 Å². The van der Waals surface area contributed by atoms with Gasteiger partial charge in [0.1, 0.15) is 0 Å². The van der Waals surface area contributed by atoms with Gasteiger partial charge in [0.2, 0.25) is 0 Å². The van der Waals surface area contributed by atoms with E-state index in [1.807, 2.05) is 0 Å². The molecule has 0 fully saturated rings. The molecule has 0 radical (unpaired) electrons. The molecule has 0 heterocycles. The maximum atomic E-state index is 5.86. The zero-order valence-electron chi connectivity index (χ0n) is 16.4. The first-order chi connectivity index (χ1) is 11.7. The molecule has 0 unspecified atom stereocenters. The van der Waals surface area contributed by atoms with E-state index in [2.05, 4.69) is 45.0 Å². The summed E-state index contributed by atoms with van der Waals surface area (Å²) in [6.45, 7) is 7.36. The van der Waals surface area contributed by atoms with Gasteiger partial charge in [0.05, 0.1) is 0 Å². The van der Waals surface area contributed by atoms with Crippen molar-refractivity contribution >= 4 is 18.4 Å². The van der Waals surface area contributed by atoms with Crippen LogP contribution < -0.4 is 4.74 Å². The summed E-state index contributed by atoms with van der Waals surface area (Å²) in [5.74, 6) is 1.05. The van der Waals surface area contributed by atoms with E-state index >= 15 is 0 Å². The molecule has 0 spiro atoms. The van der Waals surface area contributed by atoms with Crippen LogP contribution in [0.3, 0.4) is 0 Å². The first-order valence-corrected chi connectivity index (χ1v) is 18.0. The Labute approximate surface area is 154 Å². The zero-order chi connectivity index (χ0) is 17.7. The van der Waals surface area contributed by atoms with Gasteiger partial charge in [-0.25, -0.2) is 0 Å². The van der Waals surface area contributed by atoms with E-state index in [4.69, 9.17) is 9.47 Å². The zero-order valence-corrected chi connectivity index (χ0v) is 19.3. The van der Waals surface area contributed by atoms with Gasteiger partial charge in [-0.15, -0.1) is 0 Å². The molecule has 1 aromatic carbocycles. The molecular weight excluding hydrogens is 403 g/mol. The van der Waals surface area contributed by atoms with Gasteiger partial charge in [0.25, 0.3) is 0 Å². The fraction of sp³-hybridized carbons (Fsp3) is 0.714. The van der Waals surface area contributed by atoms with Crippen molar-refractivity contribution in [1.29, 1.82) is 0 Å². The van der Waals surface area contributed by atoms with E-state index in [0.29, 0.717) is 6.79 Å². The molecule has 2 nitrogen and oxygen atoms in total. The number of benzene rings is 1. The van der Waals surface area contributed by atoms with Gasteiger partial charge >= 0.3 is 154 Å². The molecule has 0 aromatic heterocycles. The maximum absolute atomic E-state index is 5.86. The SMILES string of the molecule is CCC[CH2][Sn]([CH2]CCC)([CH2]CCC)[CH2]c1ccccc1OCOC. The van der Waals surface area contributed by atoms with Gasteiger partial charge in [0.15, 0.2) is 0 Å². The average molecular weight is 441 g/mol. The molecule has 0 aliphatic carbocycles. The van der Waals surface area contributed by atoms with Crippen molar-refractivity contribution in [3.8, 4) is 5.75 Å². The number of rotatable bonds is 14. The summed E-state index contributed by atoms with van der Waals surface area (Å²) in [6, 6.07) is 8.66. The quantitative estimate of drug-likeness (QED) is 0.239. The number of unbranched alkanes of at least 4 members (excludes halogenated alkanes) is 3. The molecule has 0 bridgehead atoms. The minimum atomic E-state index is -2.17. The first kappa shape index (κ1) is 21.8. The Bertz CT molecular complexity index is 412. The van der Waals surface area contributed by atoms with Crippen LogP contribution in [0.1, 0.15) is 64.9 Å². The van der Waals surface area contributed by atoms with Crippen LogP contribution >= 0.6 is 0 Å². The molecule has 0 saturated heterocycles. The molecule has 1 aromatic rings. The Morgan fingerprint density at radius 1 is 0.833 bits per heavy atom. The summed E-state index contributed by atoms with van der Waals surface area (Å²) in [5, 5.41) is 0. The fourth-order valence-corrected chi connectivity index (χ4v) is 19.9. The van der Waals surface area contributed by atoms with Crippen LogP contribution in [0, 0.1) is 0 Å². The topological polar surface area (TPSA) is 18.5 Å². The van der Waals surface area contributed by atoms with Crippen LogP contribution in [0.25, 0.3) is 0 Å². The predicted octanol–water partition coefficient (Wildman–Crippen LogP) is 6.60. The Hall–Kier alpha value is -0.221. The van der Waals surface area contributed by atoms with Crippen molar-refractivity contribution < 1.29 is 9.47 Å². The van der Waals surface area contributed by atoms with E-state index in [-0.39, 0.29) is 0 Å². The fourth-order valence-electron chi connectivity index (χ4n) is 3.61. The van der Waals surface area contributed by atoms with E-state index in [1.54, 1.807) is 20.4 Å². The standard InChI is InChI=1S/C9H11O2.3C4H9.Sn/c1-8-5-3-4-6-9(8)11-7-10-2;3*1-3-4-2;/h3-6H,1,7H2,2H3;3*1,3-4H2,2H3;. The molecule has 1 rings (SSSR count). The van der Waals surface area contributed by atoms with Crippen molar-refractivity contribution in [2.45, 2.75) is 77.0 Å². The van der Waals surface area contributed by atoms with Gasteiger partial charge < -0.3 is 0 Å². The van der Waals surface area contributed by atoms with E-state index in [9.17, 15) is 0 Å². The second-order valence-corrected chi connectivity index (χ2v) is 21.0. The number of para-hydroxylation sites is 1. The van der Waals surface area contributed by atoms with Crippen molar-refractivity contribution in [2.24, 2.45) is 0 Å². The van der Waals surface area contributed by atoms with Gasteiger partial charge in [0, 0.05) is 0 Å². The van der Waals surface area contributed by atoms with Crippen LogP contribution in [0.5, 0.6) is 5.75 Å². The van der Waals surface area contributed by atoms with Crippen molar-refractivity contribution in [3.05, 3.63) is 29.8 Å². The summed E-state index contributed by atoms with van der Waals surface area (Å²) in [4.78, 5) is 0. The Kier molecular flexibility index (Phi) is 11.9. The third-order valence-electron chi connectivity index (χ3n) is 5.05. The summed E-state index contributed by atoms with van der Waals surface area (Å²) >= 11 is -2.17. The Morgan fingerprint density at radius 2 is 1.38 bits per heavy atom. The monoisotopic (exact) mass is 442 g/mol. The number of methoxy groups -OCH3 is 1. The van der Waals surface area contributed by atoms with Crippen molar-refractivity contribution in [1.82, 2.24) is 0 Å². The number of ether oxygens (including phenoxy) is 2. The van der Waals surface area contributed by atoms with Crippen LogP contribution in [-0.2, 0) is 9.17 Å². The molecule has 0 atom stereocenters. The molecule has 0 saturated carbocycles. The minimum absolute atomic E-state index is 0.346. The first-order valence-electron chi connectivity index (χ1n) is 9.91. The summed E-state index contributed by atoms with van der Waals surface area (Å²) in [7, 11) is 1.69. The average Bonchev–Trinajstić information content (AvgIpc) is 2.62. The normalized spacial score (nSPS) is 11.7. The van der Waals surface area contributed by atoms with Gasteiger partial charge in [-0.2, -0.15) is 0 Å². The third-order valence-corrected chi connectivity index (χ3v) is 20.4. The number of hydrogen-bond donors (Lipinski definition) is 0. The predicted molar refractivity (Wildman–Crippen MR) is 108 cm³/mol. The summed E-state index contributed by atoms with van der Waals surface area (Å²) < 4.78 is 17.0. The van der Waals surface area contributed by atoms with Gasteiger partial charge in [-0.3, -0.25) is 0 Å². The molecule has 138 valence electrons. The van der Waals surface area contributed by atoms with Crippen molar-refractivity contribution in [2.75, 3.05) is 13.9 Å².